The number of aryl methyl sites for hydroxylation is 2. The molecule has 0 saturated carbocycles. The van der Waals surface area contributed by atoms with Gasteiger partial charge in [-0.25, -0.2) is 0 Å². The standard InChI is InChI=1S/C15H21N3O/c1-11-5-6-14(12(2)16-3)15(9-11)19-10-13-7-8-18(4)17-13/h5-9,12,16H,10H2,1-4H3. The Hall–Kier alpha value is -1.81. The van der Waals surface area contributed by atoms with Crippen LogP contribution >= 0.6 is 0 Å². The van der Waals surface area contributed by atoms with Gasteiger partial charge in [0.1, 0.15) is 12.4 Å². The summed E-state index contributed by atoms with van der Waals surface area (Å²) in [5.41, 5.74) is 3.30. The highest BCUT2D eigenvalue weighted by Gasteiger charge is 2.10. The summed E-state index contributed by atoms with van der Waals surface area (Å²) >= 11 is 0. The maximum atomic E-state index is 5.92. The number of aromatic nitrogens is 2. The second-order valence-corrected chi connectivity index (χ2v) is 4.82. The predicted octanol–water partition coefficient (Wildman–Crippen LogP) is 2.59. The molecule has 0 saturated heterocycles. The Balaban J connectivity index is 2.16. The van der Waals surface area contributed by atoms with Crippen molar-refractivity contribution < 1.29 is 4.74 Å². The third-order valence-electron chi connectivity index (χ3n) is 3.21. The Morgan fingerprint density at radius 3 is 2.79 bits per heavy atom. The molecule has 0 aliphatic carbocycles. The molecular weight excluding hydrogens is 238 g/mol. The largest absolute Gasteiger partial charge is 0.487 e. The van der Waals surface area contributed by atoms with Crippen molar-refractivity contribution in [2.75, 3.05) is 7.05 Å². The van der Waals surface area contributed by atoms with Crippen molar-refractivity contribution in [3.05, 3.63) is 47.3 Å². The Morgan fingerprint density at radius 2 is 2.16 bits per heavy atom. The van der Waals surface area contributed by atoms with Gasteiger partial charge in [-0.15, -0.1) is 0 Å². The molecule has 1 aromatic heterocycles. The number of rotatable bonds is 5. The van der Waals surface area contributed by atoms with E-state index in [1.165, 1.54) is 11.1 Å². The molecule has 102 valence electrons. The molecule has 4 nitrogen and oxygen atoms in total. The highest BCUT2D eigenvalue weighted by atomic mass is 16.5. The van der Waals surface area contributed by atoms with Crippen LogP contribution in [0.5, 0.6) is 5.75 Å². The fraction of sp³-hybridized carbons (Fsp3) is 0.400. The van der Waals surface area contributed by atoms with Crippen molar-refractivity contribution in [3.8, 4) is 5.75 Å². The molecule has 1 atom stereocenters. The lowest BCUT2D eigenvalue weighted by molar-refractivity contribution is 0.294. The average molecular weight is 259 g/mol. The molecule has 0 aliphatic rings. The predicted molar refractivity (Wildman–Crippen MR) is 76.2 cm³/mol. The first-order valence-electron chi connectivity index (χ1n) is 6.49. The Kier molecular flexibility index (Phi) is 4.22. The first-order valence-corrected chi connectivity index (χ1v) is 6.49. The van der Waals surface area contributed by atoms with Crippen LogP contribution in [0.1, 0.15) is 29.8 Å². The molecule has 0 fully saturated rings. The summed E-state index contributed by atoms with van der Waals surface area (Å²) < 4.78 is 7.71. The van der Waals surface area contributed by atoms with Crippen LogP contribution in [0.15, 0.2) is 30.5 Å². The molecule has 4 heteroatoms. The molecule has 0 bridgehead atoms. The Morgan fingerprint density at radius 1 is 1.37 bits per heavy atom. The van der Waals surface area contributed by atoms with Gasteiger partial charge in [-0.05, 0) is 38.6 Å². The molecule has 1 N–H and O–H groups in total. The zero-order valence-corrected chi connectivity index (χ0v) is 12.0. The molecule has 2 aromatic rings. The van der Waals surface area contributed by atoms with E-state index in [-0.39, 0.29) is 6.04 Å². The van der Waals surface area contributed by atoms with Gasteiger partial charge in [0, 0.05) is 24.8 Å². The monoisotopic (exact) mass is 259 g/mol. The minimum atomic E-state index is 0.263. The number of nitrogens with one attached hydrogen (secondary N) is 1. The summed E-state index contributed by atoms with van der Waals surface area (Å²) in [4.78, 5) is 0. The third kappa shape index (κ3) is 3.35. The third-order valence-corrected chi connectivity index (χ3v) is 3.21. The lowest BCUT2D eigenvalue weighted by atomic mass is 10.1. The summed E-state index contributed by atoms with van der Waals surface area (Å²) in [6.07, 6.45) is 1.92. The van der Waals surface area contributed by atoms with E-state index in [2.05, 4.69) is 42.5 Å². The number of ether oxygens (including phenoxy) is 1. The zero-order chi connectivity index (χ0) is 13.8. The summed E-state index contributed by atoms with van der Waals surface area (Å²) in [6, 6.07) is 8.53. The van der Waals surface area contributed by atoms with Crippen molar-refractivity contribution in [1.29, 1.82) is 0 Å². The first-order chi connectivity index (χ1) is 9.10. The van der Waals surface area contributed by atoms with E-state index in [0.29, 0.717) is 6.61 Å². The molecule has 19 heavy (non-hydrogen) atoms. The molecule has 1 heterocycles. The van der Waals surface area contributed by atoms with Crippen LogP contribution in [0, 0.1) is 6.92 Å². The quantitative estimate of drug-likeness (QED) is 0.897. The van der Waals surface area contributed by atoms with E-state index < -0.39 is 0 Å². The van der Waals surface area contributed by atoms with E-state index in [0.717, 1.165) is 11.4 Å². The Labute approximate surface area is 114 Å². The zero-order valence-electron chi connectivity index (χ0n) is 12.0. The van der Waals surface area contributed by atoms with E-state index >= 15 is 0 Å². The lowest BCUT2D eigenvalue weighted by Crippen LogP contribution is -2.14. The van der Waals surface area contributed by atoms with Crippen LogP contribution in [0.25, 0.3) is 0 Å². The number of nitrogens with zero attached hydrogens (tertiary/aromatic N) is 2. The van der Waals surface area contributed by atoms with E-state index in [9.17, 15) is 0 Å². The van der Waals surface area contributed by atoms with Gasteiger partial charge < -0.3 is 10.1 Å². The minimum Gasteiger partial charge on any atom is -0.487 e. The van der Waals surface area contributed by atoms with Crippen molar-refractivity contribution in [3.63, 3.8) is 0 Å². The maximum Gasteiger partial charge on any atom is 0.132 e. The van der Waals surface area contributed by atoms with Gasteiger partial charge in [0.25, 0.3) is 0 Å². The average Bonchev–Trinajstić information content (AvgIpc) is 2.81. The summed E-state index contributed by atoms with van der Waals surface area (Å²) in [6.45, 7) is 4.69. The van der Waals surface area contributed by atoms with E-state index in [1.807, 2.05) is 26.4 Å². The second-order valence-electron chi connectivity index (χ2n) is 4.82. The highest BCUT2D eigenvalue weighted by molar-refractivity contribution is 5.39. The molecule has 0 amide bonds. The van der Waals surface area contributed by atoms with Crippen LogP contribution < -0.4 is 10.1 Å². The van der Waals surface area contributed by atoms with Crippen LogP contribution in [0.3, 0.4) is 0 Å². The van der Waals surface area contributed by atoms with Crippen molar-refractivity contribution >= 4 is 0 Å². The van der Waals surface area contributed by atoms with Gasteiger partial charge in [0.2, 0.25) is 0 Å². The second kappa shape index (κ2) is 5.89. The molecule has 1 aromatic carbocycles. The van der Waals surface area contributed by atoms with Gasteiger partial charge in [0.15, 0.2) is 0 Å². The molecule has 2 rings (SSSR count). The summed E-state index contributed by atoms with van der Waals surface area (Å²) in [7, 11) is 3.86. The van der Waals surface area contributed by atoms with Gasteiger partial charge >= 0.3 is 0 Å². The number of hydrogen-bond acceptors (Lipinski definition) is 3. The first kappa shape index (κ1) is 13.6. The fourth-order valence-electron chi connectivity index (χ4n) is 1.97. The van der Waals surface area contributed by atoms with Crippen LogP contribution in [-0.4, -0.2) is 16.8 Å². The molecule has 0 spiro atoms. The normalized spacial score (nSPS) is 12.4. The van der Waals surface area contributed by atoms with Crippen molar-refractivity contribution in [1.82, 2.24) is 15.1 Å². The molecule has 1 unspecified atom stereocenters. The molecular formula is C15H21N3O. The van der Waals surface area contributed by atoms with Crippen molar-refractivity contribution in [2.45, 2.75) is 26.5 Å². The van der Waals surface area contributed by atoms with E-state index in [4.69, 9.17) is 4.74 Å². The molecule has 0 aliphatic heterocycles. The maximum absolute atomic E-state index is 5.92. The number of benzene rings is 1. The van der Waals surface area contributed by atoms with Crippen LogP contribution in [-0.2, 0) is 13.7 Å². The van der Waals surface area contributed by atoms with Gasteiger partial charge in [-0.3, -0.25) is 4.68 Å². The highest BCUT2D eigenvalue weighted by Crippen LogP contribution is 2.26. The van der Waals surface area contributed by atoms with E-state index in [1.54, 1.807) is 4.68 Å². The fourth-order valence-corrected chi connectivity index (χ4v) is 1.97. The smallest absolute Gasteiger partial charge is 0.132 e. The molecule has 0 radical (unpaired) electrons. The topological polar surface area (TPSA) is 39.1 Å². The SMILES string of the molecule is CNC(C)c1ccc(C)cc1OCc1ccn(C)n1. The van der Waals surface area contributed by atoms with Crippen LogP contribution in [0.4, 0.5) is 0 Å². The number of hydrogen-bond donors (Lipinski definition) is 1. The van der Waals surface area contributed by atoms with Gasteiger partial charge in [-0.2, -0.15) is 5.10 Å². The van der Waals surface area contributed by atoms with Gasteiger partial charge in [-0.1, -0.05) is 12.1 Å². The van der Waals surface area contributed by atoms with Crippen molar-refractivity contribution in [2.24, 2.45) is 7.05 Å². The summed E-state index contributed by atoms with van der Waals surface area (Å²) in [5, 5.41) is 7.56. The van der Waals surface area contributed by atoms with Crippen LogP contribution in [0.2, 0.25) is 0 Å². The lowest BCUT2D eigenvalue weighted by Gasteiger charge is -2.16. The minimum absolute atomic E-state index is 0.263. The van der Waals surface area contributed by atoms with Gasteiger partial charge in [0.05, 0.1) is 5.69 Å². The summed E-state index contributed by atoms with van der Waals surface area (Å²) in [5.74, 6) is 0.924. The Bertz CT molecular complexity index is 548.